The van der Waals surface area contributed by atoms with Crippen molar-refractivity contribution in [3.8, 4) is 11.8 Å². The minimum atomic E-state index is -1.20. The molecule has 0 amide bonds. The van der Waals surface area contributed by atoms with Crippen LogP contribution in [0, 0.1) is 23.0 Å². The van der Waals surface area contributed by atoms with Gasteiger partial charge in [0.2, 0.25) is 11.7 Å². The summed E-state index contributed by atoms with van der Waals surface area (Å²) in [6, 6.07) is 9.65. The number of phenols is 1. The first-order valence-corrected chi connectivity index (χ1v) is 8.21. The molecule has 3 rings (SSSR count). The Balaban J connectivity index is 1.96. The SMILES string of the molecule is N#Cc1ccc(Nc2ncc(Br)c(C(=O)c3c(F)cc(O)cc3F)n2)cc1. The van der Waals surface area contributed by atoms with Crippen molar-refractivity contribution >= 4 is 33.3 Å². The van der Waals surface area contributed by atoms with Gasteiger partial charge in [0.05, 0.1) is 21.7 Å². The fourth-order valence-electron chi connectivity index (χ4n) is 2.24. The number of aromatic hydroxyl groups is 1. The van der Waals surface area contributed by atoms with Gasteiger partial charge in [-0.2, -0.15) is 5.26 Å². The molecule has 0 fully saturated rings. The van der Waals surface area contributed by atoms with Gasteiger partial charge in [-0.25, -0.2) is 18.7 Å². The number of aromatic nitrogens is 2. The van der Waals surface area contributed by atoms with E-state index < -0.39 is 28.7 Å². The Kier molecular flexibility index (Phi) is 5.09. The predicted molar refractivity (Wildman–Crippen MR) is 95.6 cm³/mol. The van der Waals surface area contributed by atoms with Crippen molar-refractivity contribution in [1.82, 2.24) is 9.97 Å². The number of halogens is 3. The van der Waals surface area contributed by atoms with Gasteiger partial charge in [-0.05, 0) is 40.2 Å². The van der Waals surface area contributed by atoms with Crippen molar-refractivity contribution in [2.24, 2.45) is 0 Å². The Hall–Kier alpha value is -3.38. The van der Waals surface area contributed by atoms with Crippen LogP contribution < -0.4 is 5.32 Å². The fourth-order valence-corrected chi connectivity index (χ4v) is 2.61. The predicted octanol–water partition coefficient (Wildman–Crippen LogP) is 4.07. The number of rotatable bonds is 4. The van der Waals surface area contributed by atoms with Crippen LogP contribution in [0.2, 0.25) is 0 Å². The Morgan fingerprint density at radius 1 is 1.19 bits per heavy atom. The number of nitrogens with one attached hydrogen (secondary N) is 1. The second kappa shape index (κ2) is 7.47. The monoisotopic (exact) mass is 430 g/mol. The van der Waals surface area contributed by atoms with Gasteiger partial charge in [-0.15, -0.1) is 0 Å². The van der Waals surface area contributed by atoms with E-state index in [0.29, 0.717) is 23.4 Å². The number of anilines is 2. The average Bonchev–Trinajstić information content (AvgIpc) is 2.63. The lowest BCUT2D eigenvalue weighted by Crippen LogP contribution is -2.12. The first-order chi connectivity index (χ1) is 12.9. The van der Waals surface area contributed by atoms with E-state index in [2.05, 4.69) is 31.2 Å². The number of phenolic OH excluding ortho intramolecular Hbond substituents is 1. The standard InChI is InChI=1S/C18H9BrF2N4O2/c19-12-8-23-18(24-10-3-1-9(7-22)2-4-10)25-16(12)17(27)15-13(20)5-11(26)6-14(15)21/h1-6,8,26H,(H,23,24,25). The number of hydrogen-bond acceptors (Lipinski definition) is 6. The van der Waals surface area contributed by atoms with Crippen LogP contribution in [0.5, 0.6) is 5.75 Å². The maximum Gasteiger partial charge on any atom is 0.227 e. The molecule has 3 aromatic rings. The van der Waals surface area contributed by atoms with E-state index in [-0.39, 0.29) is 16.1 Å². The van der Waals surface area contributed by atoms with Crippen molar-refractivity contribution in [3.63, 3.8) is 0 Å². The number of carbonyl (C=O) groups is 1. The Bertz CT molecular complexity index is 1060. The molecule has 0 radical (unpaired) electrons. The van der Waals surface area contributed by atoms with Crippen molar-refractivity contribution in [1.29, 1.82) is 5.26 Å². The highest BCUT2D eigenvalue weighted by atomic mass is 79.9. The highest BCUT2D eigenvalue weighted by Gasteiger charge is 2.24. The molecule has 9 heteroatoms. The third-order valence-corrected chi connectivity index (χ3v) is 4.06. The number of hydrogen-bond donors (Lipinski definition) is 2. The molecule has 0 saturated heterocycles. The zero-order valence-corrected chi connectivity index (χ0v) is 15.0. The summed E-state index contributed by atoms with van der Waals surface area (Å²) in [5.74, 6) is -4.03. The summed E-state index contributed by atoms with van der Waals surface area (Å²) in [7, 11) is 0. The van der Waals surface area contributed by atoms with Crippen LogP contribution >= 0.6 is 15.9 Å². The lowest BCUT2D eigenvalue weighted by molar-refractivity contribution is 0.102. The van der Waals surface area contributed by atoms with Crippen LogP contribution in [0.15, 0.2) is 47.1 Å². The first-order valence-electron chi connectivity index (χ1n) is 7.41. The molecule has 0 atom stereocenters. The molecule has 0 aliphatic carbocycles. The number of benzene rings is 2. The average molecular weight is 431 g/mol. The third-order valence-electron chi connectivity index (χ3n) is 3.48. The van der Waals surface area contributed by atoms with E-state index in [1.165, 1.54) is 6.20 Å². The van der Waals surface area contributed by atoms with Gasteiger partial charge in [0.1, 0.15) is 23.1 Å². The molecule has 0 bridgehead atoms. The highest BCUT2D eigenvalue weighted by molar-refractivity contribution is 9.10. The summed E-state index contributed by atoms with van der Waals surface area (Å²) >= 11 is 3.09. The van der Waals surface area contributed by atoms with Gasteiger partial charge in [-0.1, -0.05) is 0 Å². The molecule has 0 saturated carbocycles. The van der Waals surface area contributed by atoms with E-state index in [1.807, 2.05) is 6.07 Å². The fraction of sp³-hybridized carbons (Fsp3) is 0. The van der Waals surface area contributed by atoms with Crippen LogP contribution in [-0.2, 0) is 0 Å². The molecule has 2 aromatic carbocycles. The molecular weight excluding hydrogens is 422 g/mol. The van der Waals surface area contributed by atoms with Crippen molar-refractivity contribution in [2.75, 3.05) is 5.32 Å². The Morgan fingerprint density at radius 2 is 1.81 bits per heavy atom. The number of ketones is 1. The van der Waals surface area contributed by atoms with E-state index in [0.717, 1.165) is 0 Å². The summed E-state index contributed by atoms with van der Waals surface area (Å²) in [6.45, 7) is 0. The molecule has 134 valence electrons. The lowest BCUT2D eigenvalue weighted by Gasteiger charge is -2.09. The normalized spacial score (nSPS) is 10.3. The third kappa shape index (κ3) is 3.91. The minimum Gasteiger partial charge on any atom is -0.508 e. The maximum atomic E-state index is 14.0. The molecular formula is C18H9BrF2N4O2. The minimum absolute atomic E-state index is 0.0193. The molecule has 0 aliphatic rings. The van der Waals surface area contributed by atoms with E-state index in [4.69, 9.17) is 5.26 Å². The Labute approximate surface area is 160 Å². The van der Waals surface area contributed by atoms with E-state index in [1.54, 1.807) is 24.3 Å². The zero-order valence-electron chi connectivity index (χ0n) is 13.4. The van der Waals surface area contributed by atoms with Crippen molar-refractivity contribution in [2.45, 2.75) is 0 Å². The molecule has 1 aromatic heterocycles. The van der Waals surface area contributed by atoms with Gasteiger partial charge in [-0.3, -0.25) is 4.79 Å². The molecule has 2 N–H and O–H groups in total. The molecule has 1 heterocycles. The molecule has 0 spiro atoms. The van der Waals surface area contributed by atoms with Gasteiger partial charge >= 0.3 is 0 Å². The summed E-state index contributed by atoms with van der Waals surface area (Å²) in [5, 5.41) is 20.9. The number of nitrogens with zero attached hydrogens (tertiary/aromatic N) is 3. The van der Waals surface area contributed by atoms with Crippen LogP contribution in [0.3, 0.4) is 0 Å². The van der Waals surface area contributed by atoms with Gasteiger partial charge in [0.25, 0.3) is 0 Å². The van der Waals surface area contributed by atoms with Crippen LogP contribution in [0.1, 0.15) is 21.6 Å². The lowest BCUT2D eigenvalue weighted by atomic mass is 10.1. The molecule has 27 heavy (non-hydrogen) atoms. The summed E-state index contributed by atoms with van der Waals surface area (Å²) < 4.78 is 28.1. The van der Waals surface area contributed by atoms with E-state index in [9.17, 15) is 18.7 Å². The van der Waals surface area contributed by atoms with Crippen LogP contribution in [0.25, 0.3) is 0 Å². The van der Waals surface area contributed by atoms with Crippen LogP contribution in [0.4, 0.5) is 20.4 Å². The largest absolute Gasteiger partial charge is 0.508 e. The smallest absolute Gasteiger partial charge is 0.227 e. The molecule has 0 aliphatic heterocycles. The molecule has 6 nitrogen and oxygen atoms in total. The van der Waals surface area contributed by atoms with E-state index >= 15 is 0 Å². The Morgan fingerprint density at radius 3 is 2.41 bits per heavy atom. The second-order valence-corrected chi connectivity index (χ2v) is 6.17. The van der Waals surface area contributed by atoms with Gasteiger partial charge in [0, 0.05) is 24.0 Å². The summed E-state index contributed by atoms with van der Waals surface area (Å²) in [4.78, 5) is 20.6. The summed E-state index contributed by atoms with van der Waals surface area (Å²) in [6.07, 6.45) is 1.27. The van der Waals surface area contributed by atoms with Gasteiger partial charge in [0.15, 0.2) is 0 Å². The summed E-state index contributed by atoms with van der Waals surface area (Å²) in [5.41, 5.74) is -0.0794. The second-order valence-electron chi connectivity index (χ2n) is 5.32. The van der Waals surface area contributed by atoms with Crippen LogP contribution in [-0.4, -0.2) is 20.9 Å². The number of carbonyl (C=O) groups excluding carboxylic acids is 1. The zero-order chi connectivity index (χ0) is 19.6. The topological polar surface area (TPSA) is 98.9 Å². The van der Waals surface area contributed by atoms with Gasteiger partial charge < -0.3 is 10.4 Å². The van der Waals surface area contributed by atoms with Crippen molar-refractivity contribution in [3.05, 3.63) is 75.5 Å². The van der Waals surface area contributed by atoms with Crippen molar-refractivity contribution < 1.29 is 18.7 Å². The number of nitriles is 1. The quantitative estimate of drug-likeness (QED) is 0.605. The molecule has 0 unspecified atom stereocenters. The first kappa shape index (κ1) is 18.4. The highest BCUT2D eigenvalue weighted by Crippen LogP contribution is 2.25. The maximum absolute atomic E-state index is 14.0.